The summed E-state index contributed by atoms with van der Waals surface area (Å²) in [5.41, 5.74) is 0.877. The van der Waals surface area contributed by atoms with Crippen molar-refractivity contribution >= 4 is 17.3 Å². The van der Waals surface area contributed by atoms with Crippen LogP contribution in [-0.4, -0.2) is 11.7 Å². The van der Waals surface area contributed by atoms with Gasteiger partial charge in [-0.3, -0.25) is 0 Å². The molecule has 0 radical (unpaired) electrons. The highest BCUT2D eigenvalue weighted by Gasteiger charge is 2.11. The number of halogens is 3. The lowest BCUT2D eigenvalue weighted by Gasteiger charge is -2.14. The van der Waals surface area contributed by atoms with Gasteiger partial charge in [0.2, 0.25) is 0 Å². The normalized spacial score (nSPS) is 11.8. The molecular weight excluding hydrogens is 298 g/mol. The van der Waals surface area contributed by atoms with E-state index in [1.54, 1.807) is 0 Å². The molecule has 0 amide bonds. The Morgan fingerprint density at radius 1 is 1.24 bits per heavy atom. The lowest BCUT2D eigenvalue weighted by molar-refractivity contribution is 0.191. The minimum absolute atomic E-state index is 0.0239. The van der Waals surface area contributed by atoms with Crippen molar-refractivity contribution in [2.45, 2.75) is 6.10 Å². The molecule has 0 spiro atoms. The van der Waals surface area contributed by atoms with Gasteiger partial charge in [0.15, 0.2) is 0 Å². The number of hydrogen-bond donors (Lipinski definition) is 2. The monoisotopic (exact) mass is 308 g/mol. The zero-order valence-electron chi connectivity index (χ0n) is 10.8. The summed E-state index contributed by atoms with van der Waals surface area (Å²) in [6.07, 6.45) is -0.992. The molecule has 0 aliphatic carbocycles. The molecule has 6 heteroatoms. The first-order valence-electron chi connectivity index (χ1n) is 6.08. The smallest absolute Gasteiger partial charge is 0.142 e. The van der Waals surface area contributed by atoms with E-state index in [4.69, 9.17) is 16.9 Å². The molecule has 0 heterocycles. The van der Waals surface area contributed by atoms with Gasteiger partial charge in [0.25, 0.3) is 0 Å². The molecule has 0 bridgehead atoms. The molecule has 0 aromatic heterocycles. The largest absolute Gasteiger partial charge is 0.387 e. The van der Waals surface area contributed by atoms with E-state index in [1.165, 1.54) is 24.3 Å². The van der Waals surface area contributed by atoms with Gasteiger partial charge in [0.05, 0.1) is 22.4 Å². The summed E-state index contributed by atoms with van der Waals surface area (Å²) in [5.74, 6) is -1.13. The minimum Gasteiger partial charge on any atom is -0.387 e. The van der Waals surface area contributed by atoms with Crippen LogP contribution in [-0.2, 0) is 0 Å². The average molecular weight is 309 g/mol. The Labute approximate surface area is 125 Å². The minimum atomic E-state index is -0.992. The third-order valence-electron chi connectivity index (χ3n) is 2.92. The predicted molar refractivity (Wildman–Crippen MR) is 76.0 cm³/mol. The van der Waals surface area contributed by atoms with Crippen LogP contribution in [0.15, 0.2) is 36.4 Å². The molecule has 0 aliphatic heterocycles. The van der Waals surface area contributed by atoms with Crippen molar-refractivity contribution < 1.29 is 13.9 Å². The molecule has 2 aromatic rings. The van der Waals surface area contributed by atoms with E-state index in [2.05, 4.69) is 5.32 Å². The highest BCUT2D eigenvalue weighted by Crippen LogP contribution is 2.22. The van der Waals surface area contributed by atoms with Gasteiger partial charge in [0, 0.05) is 6.54 Å². The zero-order valence-corrected chi connectivity index (χ0v) is 11.5. The van der Waals surface area contributed by atoms with Gasteiger partial charge >= 0.3 is 0 Å². The van der Waals surface area contributed by atoms with Gasteiger partial charge in [-0.1, -0.05) is 17.7 Å². The van der Waals surface area contributed by atoms with Crippen LogP contribution in [0.1, 0.15) is 17.2 Å². The molecule has 108 valence electrons. The standard InChI is InChI=1S/C15H11ClF2N2O/c16-12-3-1-9(6-13(12)18)15(21)8-20-14-4-2-11(17)5-10(14)7-19/h1-6,15,20-21H,8H2. The summed E-state index contributed by atoms with van der Waals surface area (Å²) in [6, 6.07) is 9.57. The highest BCUT2D eigenvalue weighted by molar-refractivity contribution is 6.30. The van der Waals surface area contributed by atoms with E-state index in [0.717, 1.165) is 12.1 Å². The Morgan fingerprint density at radius 2 is 2.00 bits per heavy atom. The lowest BCUT2D eigenvalue weighted by atomic mass is 10.1. The third-order valence-corrected chi connectivity index (χ3v) is 3.22. The number of anilines is 1. The molecule has 1 atom stereocenters. The Balaban J connectivity index is 2.09. The molecule has 0 aliphatic rings. The van der Waals surface area contributed by atoms with Gasteiger partial charge in [0.1, 0.15) is 17.7 Å². The highest BCUT2D eigenvalue weighted by atomic mass is 35.5. The average Bonchev–Trinajstić information content (AvgIpc) is 2.48. The van der Waals surface area contributed by atoms with Gasteiger partial charge in [-0.05, 0) is 35.9 Å². The molecule has 3 nitrogen and oxygen atoms in total. The summed E-state index contributed by atoms with van der Waals surface area (Å²) < 4.78 is 26.3. The van der Waals surface area contributed by atoms with Crippen LogP contribution in [0.3, 0.4) is 0 Å². The van der Waals surface area contributed by atoms with Crippen molar-refractivity contribution in [3.63, 3.8) is 0 Å². The number of nitrogens with zero attached hydrogens (tertiary/aromatic N) is 1. The number of benzene rings is 2. The second-order valence-electron chi connectivity index (χ2n) is 4.37. The van der Waals surface area contributed by atoms with Crippen LogP contribution in [0.25, 0.3) is 0 Å². The molecule has 0 fully saturated rings. The molecule has 2 aromatic carbocycles. The number of rotatable bonds is 4. The van der Waals surface area contributed by atoms with Crippen LogP contribution in [0, 0.1) is 23.0 Å². The van der Waals surface area contributed by atoms with Crippen molar-refractivity contribution in [2.24, 2.45) is 0 Å². The van der Waals surface area contributed by atoms with Crippen molar-refractivity contribution in [3.05, 3.63) is 64.2 Å². The summed E-state index contributed by atoms with van der Waals surface area (Å²) >= 11 is 5.57. The number of aliphatic hydroxyl groups excluding tert-OH is 1. The van der Waals surface area contributed by atoms with Crippen LogP contribution >= 0.6 is 11.6 Å². The van der Waals surface area contributed by atoms with Crippen LogP contribution in [0.4, 0.5) is 14.5 Å². The second-order valence-corrected chi connectivity index (χ2v) is 4.78. The lowest BCUT2D eigenvalue weighted by Crippen LogP contribution is -2.13. The first-order chi connectivity index (χ1) is 10.0. The quantitative estimate of drug-likeness (QED) is 0.906. The molecule has 0 saturated carbocycles. The molecule has 1 unspecified atom stereocenters. The fourth-order valence-electron chi connectivity index (χ4n) is 1.81. The fourth-order valence-corrected chi connectivity index (χ4v) is 1.92. The summed E-state index contributed by atoms with van der Waals surface area (Å²) in [4.78, 5) is 0. The summed E-state index contributed by atoms with van der Waals surface area (Å²) in [5, 5.41) is 21.7. The Morgan fingerprint density at radius 3 is 2.67 bits per heavy atom. The van der Waals surface area contributed by atoms with E-state index < -0.39 is 17.7 Å². The van der Waals surface area contributed by atoms with E-state index in [-0.39, 0.29) is 17.1 Å². The predicted octanol–water partition coefficient (Wildman–Crippen LogP) is 3.64. The first kappa shape index (κ1) is 15.2. The topological polar surface area (TPSA) is 56.0 Å². The maximum atomic E-state index is 13.3. The van der Waals surface area contributed by atoms with Gasteiger partial charge in [-0.25, -0.2) is 8.78 Å². The van der Waals surface area contributed by atoms with Crippen molar-refractivity contribution in [2.75, 3.05) is 11.9 Å². The maximum absolute atomic E-state index is 13.3. The number of nitrogens with one attached hydrogen (secondary N) is 1. The van der Waals surface area contributed by atoms with Crippen LogP contribution in [0.5, 0.6) is 0 Å². The van der Waals surface area contributed by atoms with Crippen molar-refractivity contribution in [3.8, 4) is 6.07 Å². The second kappa shape index (κ2) is 6.53. The zero-order chi connectivity index (χ0) is 15.4. The van der Waals surface area contributed by atoms with Crippen LogP contribution < -0.4 is 5.32 Å². The SMILES string of the molecule is N#Cc1cc(F)ccc1NCC(O)c1ccc(Cl)c(F)c1. The fraction of sp³-hybridized carbons (Fsp3) is 0.133. The Hall–Kier alpha value is -2.16. The molecule has 0 saturated heterocycles. The molecule has 21 heavy (non-hydrogen) atoms. The van der Waals surface area contributed by atoms with E-state index >= 15 is 0 Å². The van der Waals surface area contributed by atoms with Crippen LogP contribution in [0.2, 0.25) is 5.02 Å². The number of aliphatic hydroxyl groups is 1. The van der Waals surface area contributed by atoms with Gasteiger partial charge < -0.3 is 10.4 Å². The first-order valence-corrected chi connectivity index (χ1v) is 6.45. The van der Waals surface area contributed by atoms with Crippen molar-refractivity contribution in [1.82, 2.24) is 0 Å². The summed E-state index contributed by atoms with van der Waals surface area (Å²) in [7, 11) is 0. The van der Waals surface area contributed by atoms with Gasteiger partial charge in [-0.15, -0.1) is 0 Å². The maximum Gasteiger partial charge on any atom is 0.142 e. The Bertz CT molecular complexity index is 701. The van der Waals surface area contributed by atoms with Gasteiger partial charge in [-0.2, -0.15) is 5.26 Å². The third kappa shape index (κ3) is 3.69. The van der Waals surface area contributed by atoms with E-state index in [9.17, 15) is 13.9 Å². The molecule has 2 N–H and O–H groups in total. The van der Waals surface area contributed by atoms with E-state index in [0.29, 0.717) is 11.3 Å². The van der Waals surface area contributed by atoms with E-state index in [1.807, 2.05) is 6.07 Å². The molecular formula is C15H11ClF2N2O. The Kier molecular flexibility index (Phi) is 4.73. The molecule has 2 rings (SSSR count). The number of nitriles is 1. The summed E-state index contributed by atoms with van der Waals surface area (Å²) in [6.45, 7) is 0.0430. The number of hydrogen-bond acceptors (Lipinski definition) is 3. The van der Waals surface area contributed by atoms with Crippen molar-refractivity contribution in [1.29, 1.82) is 5.26 Å².